The second-order valence-electron chi connectivity index (χ2n) is 8.95. The largest absolute Gasteiger partial charge is 0.497 e. The molecule has 37 heavy (non-hydrogen) atoms. The Morgan fingerprint density at radius 3 is 2.24 bits per heavy atom. The molecule has 1 saturated heterocycles. The smallest absolute Gasteiger partial charge is 0.269 e. The van der Waals surface area contributed by atoms with Crippen LogP contribution in [-0.4, -0.2) is 71.2 Å². The first kappa shape index (κ1) is 24.4. The summed E-state index contributed by atoms with van der Waals surface area (Å²) in [6.45, 7) is 6.98. The first-order valence-electron chi connectivity index (χ1n) is 12.2. The highest BCUT2D eigenvalue weighted by Gasteiger charge is 2.35. The number of piperazine rings is 1. The van der Waals surface area contributed by atoms with Crippen LogP contribution in [0.5, 0.6) is 17.2 Å². The Bertz CT molecular complexity index is 1290. The molecule has 0 bridgehead atoms. The number of methoxy groups -OCH3 is 1. The summed E-state index contributed by atoms with van der Waals surface area (Å²) < 4.78 is 12.7. The van der Waals surface area contributed by atoms with E-state index in [1.54, 1.807) is 16.7 Å². The van der Waals surface area contributed by atoms with Crippen LogP contribution in [0.25, 0.3) is 5.69 Å². The fourth-order valence-corrected chi connectivity index (χ4v) is 4.90. The molecule has 0 radical (unpaired) electrons. The van der Waals surface area contributed by atoms with Gasteiger partial charge in [-0.25, -0.2) is 4.68 Å². The Balaban J connectivity index is 1.39. The van der Waals surface area contributed by atoms with Gasteiger partial charge in [0, 0.05) is 32.7 Å². The molecule has 1 atom stereocenters. The zero-order valence-electron chi connectivity index (χ0n) is 20.7. The maximum atomic E-state index is 12.5. The van der Waals surface area contributed by atoms with E-state index < -0.39 is 5.91 Å². The lowest BCUT2D eigenvalue weighted by Crippen LogP contribution is -2.50. The van der Waals surface area contributed by atoms with E-state index in [1.807, 2.05) is 48.5 Å². The van der Waals surface area contributed by atoms with Gasteiger partial charge in [0.1, 0.15) is 22.9 Å². The summed E-state index contributed by atoms with van der Waals surface area (Å²) in [7, 11) is 1.62. The number of anilines is 1. The fourth-order valence-electron chi connectivity index (χ4n) is 4.90. The average Bonchev–Trinajstić information content (AvgIpc) is 3.34. The molecular weight excluding hydrogens is 472 g/mol. The number of benzene rings is 2. The molecule has 5 rings (SSSR count). The number of aromatic nitrogens is 2. The number of hydrogen-bond acceptors (Lipinski definition) is 7. The molecule has 2 aromatic carbocycles. The third-order valence-electron chi connectivity index (χ3n) is 6.80. The molecule has 2 amide bonds. The third-order valence-corrected chi connectivity index (χ3v) is 6.80. The molecule has 0 spiro atoms. The predicted octanol–water partition coefficient (Wildman–Crippen LogP) is 2.96. The van der Waals surface area contributed by atoms with Gasteiger partial charge in [-0.1, -0.05) is 6.58 Å². The SMILES string of the molecule is C=CC(=O)N1CCN([C@H]2CCNc3c2nn(-c2ccc(Oc4ccc(OC)cc4)cc2)c3C(N)=O)CC1. The summed E-state index contributed by atoms with van der Waals surface area (Å²) in [5, 5.41) is 8.20. The maximum absolute atomic E-state index is 12.5. The molecule has 192 valence electrons. The van der Waals surface area contributed by atoms with Crippen LogP contribution in [0.1, 0.15) is 28.6 Å². The van der Waals surface area contributed by atoms with Crippen molar-refractivity contribution >= 4 is 17.5 Å². The normalized spacial score (nSPS) is 17.4. The number of nitrogens with zero attached hydrogens (tertiary/aromatic N) is 4. The summed E-state index contributed by atoms with van der Waals surface area (Å²) >= 11 is 0. The van der Waals surface area contributed by atoms with Crippen LogP contribution in [0.15, 0.2) is 61.2 Å². The van der Waals surface area contributed by atoms with Crippen LogP contribution < -0.4 is 20.5 Å². The van der Waals surface area contributed by atoms with Gasteiger partial charge in [0.2, 0.25) is 5.91 Å². The van der Waals surface area contributed by atoms with Crippen molar-refractivity contribution in [2.75, 3.05) is 45.2 Å². The number of primary amides is 1. The van der Waals surface area contributed by atoms with Crippen LogP contribution in [0.4, 0.5) is 5.69 Å². The highest BCUT2D eigenvalue weighted by Crippen LogP contribution is 2.37. The van der Waals surface area contributed by atoms with Gasteiger partial charge in [-0.2, -0.15) is 5.10 Å². The van der Waals surface area contributed by atoms with E-state index in [2.05, 4.69) is 16.8 Å². The van der Waals surface area contributed by atoms with Crippen LogP contribution in [0, 0.1) is 0 Å². The lowest BCUT2D eigenvalue weighted by atomic mass is 10.0. The second kappa shape index (κ2) is 10.4. The van der Waals surface area contributed by atoms with E-state index in [0.29, 0.717) is 48.2 Å². The van der Waals surface area contributed by atoms with Crippen molar-refractivity contribution < 1.29 is 19.1 Å². The van der Waals surface area contributed by atoms with Crippen molar-refractivity contribution in [3.63, 3.8) is 0 Å². The van der Waals surface area contributed by atoms with Gasteiger partial charge in [0.05, 0.1) is 24.5 Å². The molecule has 3 N–H and O–H groups in total. The zero-order chi connectivity index (χ0) is 25.9. The molecule has 3 heterocycles. The number of carbonyl (C=O) groups excluding carboxylic acids is 2. The summed E-state index contributed by atoms with van der Waals surface area (Å²) in [6.07, 6.45) is 2.19. The Morgan fingerprint density at radius 1 is 1.03 bits per heavy atom. The number of ether oxygens (including phenoxy) is 2. The van der Waals surface area contributed by atoms with Crippen LogP contribution in [-0.2, 0) is 4.79 Å². The Labute approximate surface area is 215 Å². The van der Waals surface area contributed by atoms with Gasteiger partial charge in [-0.15, -0.1) is 0 Å². The zero-order valence-corrected chi connectivity index (χ0v) is 20.7. The number of nitrogens with two attached hydrogens (primary N) is 1. The first-order chi connectivity index (χ1) is 18.0. The summed E-state index contributed by atoms with van der Waals surface area (Å²) in [4.78, 5) is 28.6. The van der Waals surface area contributed by atoms with Crippen molar-refractivity contribution in [1.29, 1.82) is 0 Å². The van der Waals surface area contributed by atoms with E-state index in [-0.39, 0.29) is 11.9 Å². The van der Waals surface area contributed by atoms with Crippen molar-refractivity contribution in [3.8, 4) is 22.9 Å². The third kappa shape index (κ3) is 4.88. The molecule has 0 saturated carbocycles. The van der Waals surface area contributed by atoms with Crippen LogP contribution in [0.3, 0.4) is 0 Å². The number of rotatable bonds is 7. The molecule has 10 nitrogen and oxygen atoms in total. The molecule has 1 aromatic heterocycles. The quantitative estimate of drug-likeness (QED) is 0.478. The highest BCUT2D eigenvalue weighted by molar-refractivity contribution is 5.98. The molecule has 2 aliphatic rings. The molecule has 10 heteroatoms. The Morgan fingerprint density at radius 2 is 1.65 bits per heavy atom. The van der Waals surface area contributed by atoms with E-state index in [9.17, 15) is 9.59 Å². The topological polar surface area (TPSA) is 115 Å². The molecule has 2 aliphatic heterocycles. The molecule has 0 aliphatic carbocycles. The van der Waals surface area contributed by atoms with E-state index in [0.717, 1.165) is 31.0 Å². The predicted molar refractivity (Wildman–Crippen MR) is 139 cm³/mol. The van der Waals surface area contributed by atoms with Gasteiger partial charge in [0.15, 0.2) is 5.69 Å². The maximum Gasteiger partial charge on any atom is 0.269 e. The van der Waals surface area contributed by atoms with Gasteiger partial charge in [-0.05, 0) is 61.0 Å². The Hall–Kier alpha value is -4.31. The van der Waals surface area contributed by atoms with Crippen molar-refractivity contribution in [2.45, 2.75) is 12.5 Å². The minimum Gasteiger partial charge on any atom is -0.497 e. The van der Waals surface area contributed by atoms with Gasteiger partial charge < -0.3 is 25.4 Å². The molecule has 1 fully saturated rings. The number of fused-ring (bicyclic) bond motifs is 1. The van der Waals surface area contributed by atoms with E-state index >= 15 is 0 Å². The van der Waals surface area contributed by atoms with Gasteiger partial charge >= 0.3 is 0 Å². The summed E-state index contributed by atoms with van der Waals surface area (Å²) in [5.74, 6) is 1.48. The number of hydrogen-bond donors (Lipinski definition) is 2. The molecular formula is C27H30N6O4. The van der Waals surface area contributed by atoms with Crippen molar-refractivity contribution in [3.05, 3.63) is 72.6 Å². The summed E-state index contributed by atoms with van der Waals surface area (Å²) in [6, 6.07) is 14.7. The lowest BCUT2D eigenvalue weighted by molar-refractivity contribution is -0.128. The van der Waals surface area contributed by atoms with Crippen molar-refractivity contribution in [1.82, 2.24) is 19.6 Å². The average molecular weight is 503 g/mol. The number of carbonyl (C=O) groups is 2. The van der Waals surface area contributed by atoms with Crippen LogP contribution >= 0.6 is 0 Å². The fraction of sp³-hybridized carbons (Fsp3) is 0.296. The lowest BCUT2D eigenvalue weighted by Gasteiger charge is -2.40. The second-order valence-corrected chi connectivity index (χ2v) is 8.95. The summed E-state index contributed by atoms with van der Waals surface area (Å²) in [5.41, 5.74) is 8.32. The molecule has 3 aromatic rings. The first-order valence-corrected chi connectivity index (χ1v) is 12.2. The minimum atomic E-state index is -0.554. The number of amides is 2. The van der Waals surface area contributed by atoms with Crippen molar-refractivity contribution in [2.24, 2.45) is 5.73 Å². The van der Waals surface area contributed by atoms with E-state index in [4.69, 9.17) is 20.3 Å². The van der Waals surface area contributed by atoms with Gasteiger partial charge in [-0.3, -0.25) is 14.5 Å². The van der Waals surface area contributed by atoms with Crippen LogP contribution in [0.2, 0.25) is 0 Å². The van der Waals surface area contributed by atoms with Gasteiger partial charge in [0.25, 0.3) is 5.91 Å². The molecule has 0 unspecified atom stereocenters. The highest BCUT2D eigenvalue weighted by atomic mass is 16.5. The Kier molecular flexibility index (Phi) is 6.82. The monoisotopic (exact) mass is 502 g/mol. The number of nitrogens with one attached hydrogen (secondary N) is 1. The van der Waals surface area contributed by atoms with E-state index in [1.165, 1.54) is 6.08 Å². The minimum absolute atomic E-state index is 0.0225. The standard InChI is InChI=1S/C27H30N6O4/c1-3-23(34)32-16-14-31(15-17-32)22-12-13-29-25-24(22)30-33(26(25)27(28)35)18-4-6-20(7-5-18)37-21-10-8-19(36-2)9-11-21/h3-11,22,29H,1,12-17H2,2H3,(H2,28,35)/t22-/m0/s1.